The average molecular weight is 246 g/mol. The van der Waals surface area contributed by atoms with Crippen molar-refractivity contribution < 1.29 is 4.79 Å². The number of rotatable bonds is 4. The largest absolute Gasteiger partial charge is 0.356 e. The van der Waals surface area contributed by atoms with Crippen LogP contribution in [0.1, 0.15) is 49.9 Å². The zero-order valence-corrected chi connectivity index (χ0v) is 11.4. The smallest absolute Gasteiger partial charge is 0.153 e. The average Bonchev–Trinajstić information content (AvgIpc) is 2.47. The number of aromatic nitrogens is 1. The summed E-state index contributed by atoms with van der Waals surface area (Å²) in [5, 5.41) is 0. The number of aldehydes is 1. The lowest BCUT2D eigenvalue weighted by atomic mass is 9.74. The number of carbonyl (C=O) groups excluding carboxylic acids is 1. The second-order valence-electron chi connectivity index (χ2n) is 5.23. The van der Waals surface area contributed by atoms with E-state index in [9.17, 15) is 4.79 Å². The summed E-state index contributed by atoms with van der Waals surface area (Å²) in [6, 6.07) is 3.66. The van der Waals surface area contributed by atoms with E-state index in [1.807, 2.05) is 12.1 Å². The van der Waals surface area contributed by atoms with E-state index in [2.05, 4.69) is 23.7 Å². The van der Waals surface area contributed by atoms with E-state index in [0.29, 0.717) is 11.0 Å². The highest BCUT2D eigenvalue weighted by molar-refractivity contribution is 5.82. The number of nitrogens with zero attached hydrogens (tertiary/aromatic N) is 2. The maximum absolute atomic E-state index is 11.0. The predicted octanol–water partition coefficient (Wildman–Crippen LogP) is 3.30. The zero-order chi connectivity index (χ0) is 13.0. The topological polar surface area (TPSA) is 33.2 Å². The van der Waals surface area contributed by atoms with Crippen LogP contribution in [0.15, 0.2) is 18.3 Å². The summed E-state index contributed by atoms with van der Waals surface area (Å²) in [4.78, 5) is 17.7. The molecule has 1 aliphatic rings. The van der Waals surface area contributed by atoms with Gasteiger partial charge in [0.1, 0.15) is 5.82 Å². The Morgan fingerprint density at radius 3 is 2.56 bits per heavy atom. The minimum Gasteiger partial charge on any atom is -0.356 e. The third-order valence-electron chi connectivity index (χ3n) is 4.57. The van der Waals surface area contributed by atoms with Crippen molar-refractivity contribution in [2.45, 2.75) is 39.5 Å². The Kier molecular flexibility index (Phi) is 4.00. The van der Waals surface area contributed by atoms with Crippen molar-refractivity contribution in [3.05, 3.63) is 23.9 Å². The fourth-order valence-electron chi connectivity index (χ4n) is 2.92. The molecule has 3 nitrogen and oxygen atoms in total. The lowest BCUT2D eigenvalue weighted by molar-refractivity contribution is 0.112. The number of hydrogen-bond acceptors (Lipinski definition) is 3. The van der Waals surface area contributed by atoms with Crippen LogP contribution in [0.25, 0.3) is 0 Å². The van der Waals surface area contributed by atoms with Gasteiger partial charge in [-0.05, 0) is 30.4 Å². The molecule has 0 aromatic carbocycles. The van der Waals surface area contributed by atoms with Crippen LogP contribution in [0.2, 0.25) is 0 Å². The minimum absolute atomic E-state index is 0.507. The number of carbonyl (C=O) groups is 1. The standard InChI is InChI=1S/C15H22N2O/c1-3-15(4-2)7-10-17(11-8-15)14-13(12-18)6-5-9-16-14/h5-6,9,12H,3-4,7-8,10-11H2,1-2H3. The molecule has 0 radical (unpaired) electrons. The molecule has 18 heavy (non-hydrogen) atoms. The van der Waals surface area contributed by atoms with E-state index in [1.54, 1.807) is 6.20 Å². The van der Waals surface area contributed by atoms with Crippen molar-refractivity contribution >= 4 is 12.1 Å². The zero-order valence-electron chi connectivity index (χ0n) is 11.4. The summed E-state index contributed by atoms with van der Waals surface area (Å²) >= 11 is 0. The van der Waals surface area contributed by atoms with Crippen LogP contribution in [0.5, 0.6) is 0 Å². The number of pyridine rings is 1. The van der Waals surface area contributed by atoms with Gasteiger partial charge in [0.25, 0.3) is 0 Å². The van der Waals surface area contributed by atoms with Crippen LogP contribution in [-0.2, 0) is 0 Å². The molecule has 0 bridgehead atoms. The van der Waals surface area contributed by atoms with Crippen LogP contribution in [0, 0.1) is 5.41 Å². The molecule has 1 aliphatic heterocycles. The molecule has 2 heterocycles. The van der Waals surface area contributed by atoms with Crippen LogP contribution in [0.3, 0.4) is 0 Å². The normalized spacial score (nSPS) is 18.7. The Bertz CT molecular complexity index is 403. The summed E-state index contributed by atoms with van der Waals surface area (Å²) in [5.41, 5.74) is 1.21. The van der Waals surface area contributed by atoms with Gasteiger partial charge in [-0.25, -0.2) is 4.98 Å². The van der Waals surface area contributed by atoms with Gasteiger partial charge < -0.3 is 4.90 Å². The highest BCUT2D eigenvalue weighted by atomic mass is 16.1. The lowest BCUT2D eigenvalue weighted by Gasteiger charge is -2.41. The summed E-state index contributed by atoms with van der Waals surface area (Å²) in [6.45, 7) is 6.60. The van der Waals surface area contributed by atoms with Crippen LogP contribution in [-0.4, -0.2) is 24.4 Å². The Morgan fingerprint density at radius 1 is 1.33 bits per heavy atom. The van der Waals surface area contributed by atoms with Crippen molar-refractivity contribution in [1.82, 2.24) is 4.98 Å². The molecule has 1 saturated heterocycles. The monoisotopic (exact) mass is 246 g/mol. The third-order valence-corrected chi connectivity index (χ3v) is 4.57. The molecule has 3 heteroatoms. The minimum atomic E-state index is 0.507. The Hall–Kier alpha value is -1.38. The quantitative estimate of drug-likeness (QED) is 0.764. The first-order valence-corrected chi connectivity index (χ1v) is 6.90. The SMILES string of the molecule is CCC1(CC)CCN(c2ncccc2C=O)CC1. The fourth-order valence-corrected chi connectivity index (χ4v) is 2.92. The lowest BCUT2D eigenvalue weighted by Crippen LogP contribution is -2.40. The van der Waals surface area contributed by atoms with Crippen LogP contribution < -0.4 is 4.90 Å². The molecule has 2 rings (SSSR count). The summed E-state index contributed by atoms with van der Waals surface area (Å²) in [7, 11) is 0. The molecule has 98 valence electrons. The van der Waals surface area contributed by atoms with Crippen molar-refractivity contribution in [2.75, 3.05) is 18.0 Å². The maximum atomic E-state index is 11.0. The molecule has 0 atom stereocenters. The van der Waals surface area contributed by atoms with Gasteiger partial charge in [-0.1, -0.05) is 26.7 Å². The van der Waals surface area contributed by atoms with Crippen LogP contribution >= 0.6 is 0 Å². The fraction of sp³-hybridized carbons (Fsp3) is 0.600. The molecule has 0 saturated carbocycles. The van der Waals surface area contributed by atoms with Gasteiger partial charge >= 0.3 is 0 Å². The summed E-state index contributed by atoms with van der Waals surface area (Å²) in [5.74, 6) is 0.855. The van der Waals surface area contributed by atoms with E-state index in [-0.39, 0.29) is 0 Å². The molecule has 1 fully saturated rings. The number of hydrogen-bond donors (Lipinski definition) is 0. The maximum Gasteiger partial charge on any atom is 0.153 e. The first-order chi connectivity index (χ1) is 8.74. The molecular formula is C15H22N2O. The predicted molar refractivity (Wildman–Crippen MR) is 74.1 cm³/mol. The number of piperidine rings is 1. The first-order valence-electron chi connectivity index (χ1n) is 6.90. The highest BCUT2D eigenvalue weighted by Gasteiger charge is 2.32. The van der Waals surface area contributed by atoms with Gasteiger partial charge in [0.2, 0.25) is 0 Å². The summed E-state index contributed by atoms with van der Waals surface area (Å²) in [6.07, 6.45) is 7.58. The van der Waals surface area contributed by atoms with Crippen LogP contribution in [0.4, 0.5) is 5.82 Å². The molecule has 0 amide bonds. The molecule has 0 unspecified atom stereocenters. The van der Waals surface area contributed by atoms with E-state index >= 15 is 0 Å². The molecule has 1 aromatic heterocycles. The van der Waals surface area contributed by atoms with E-state index < -0.39 is 0 Å². The van der Waals surface area contributed by atoms with E-state index in [0.717, 1.165) is 25.2 Å². The van der Waals surface area contributed by atoms with Gasteiger partial charge in [0, 0.05) is 19.3 Å². The van der Waals surface area contributed by atoms with Gasteiger partial charge in [-0.15, -0.1) is 0 Å². The molecule has 0 N–H and O–H groups in total. The third kappa shape index (κ3) is 2.40. The Labute approximate surface area is 109 Å². The van der Waals surface area contributed by atoms with Crippen molar-refractivity contribution in [3.63, 3.8) is 0 Å². The number of anilines is 1. The molecular weight excluding hydrogens is 224 g/mol. The van der Waals surface area contributed by atoms with Crippen molar-refractivity contribution in [2.24, 2.45) is 5.41 Å². The highest BCUT2D eigenvalue weighted by Crippen LogP contribution is 2.39. The molecule has 1 aromatic rings. The molecule has 0 aliphatic carbocycles. The second kappa shape index (κ2) is 5.51. The first kappa shape index (κ1) is 13.1. The Balaban J connectivity index is 2.12. The van der Waals surface area contributed by atoms with Gasteiger partial charge in [0.15, 0.2) is 6.29 Å². The van der Waals surface area contributed by atoms with E-state index in [1.165, 1.54) is 25.7 Å². The molecule has 0 spiro atoms. The Morgan fingerprint density at radius 2 is 2.00 bits per heavy atom. The van der Waals surface area contributed by atoms with Gasteiger partial charge in [-0.3, -0.25) is 4.79 Å². The van der Waals surface area contributed by atoms with Gasteiger partial charge in [0.05, 0.1) is 5.56 Å². The second-order valence-corrected chi connectivity index (χ2v) is 5.23. The summed E-state index contributed by atoms with van der Waals surface area (Å²) < 4.78 is 0. The van der Waals surface area contributed by atoms with E-state index in [4.69, 9.17) is 0 Å². The van der Waals surface area contributed by atoms with Crippen molar-refractivity contribution in [1.29, 1.82) is 0 Å². The van der Waals surface area contributed by atoms with Crippen molar-refractivity contribution in [3.8, 4) is 0 Å². The van der Waals surface area contributed by atoms with Gasteiger partial charge in [-0.2, -0.15) is 0 Å².